The molecule has 112 valence electrons. The van der Waals surface area contributed by atoms with Gasteiger partial charge in [0, 0.05) is 18.6 Å². The molecule has 2 aromatic carbocycles. The lowest BCUT2D eigenvalue weighted by Crippen LogP contribution is -2.19. The molecule has 2 aromatic rings. The Labute approximate surface area is 156 Å². The molecule has 0 aromatic heterocycles. The zero-order valence-electron chi connectivity index (χ0n) is 11.8. The second kappa shape index (κ2) is 7.94. The number of hydrogen-bond donors (Lipinski definition) is 1. The van der Waals surface area contributed by atoms with Crippen LogP contribution in [0.3, 0.4) is 0 Å². The summed E-state index contributed by atoms with van der Waals surface area (Å²) in [5.74, 6) is 0.917. The van der Waals surface area contributed by atoms with Gasteiger partial charge in [0.15, 0.2) is 0 Å². The van der Waals surface area contributed by atoms with E-state index in [4.69, 9.17) is 4.74 Å². The van der Waals surface area contributed by atoms with E-state index in [-0.39, 0.29) is 6.04 Å². The van der Waals surface area contributed by atoms with Crippen molar-refractivity contribution >= 4 is 54.5 Å². The first-order valence-corrected chi connectivity index (χ1v) is 9.16. The molecule has 0 radical (unpaired) electrons. The van der Waals surface area contributed by atoms with E-state index >= 15 is 0 Å². The number of likely N-dealkylation sites (N-methyl/N-ethyl adjacent to an activating group) is 1. The lowest BCUT2D eigenvalue weighted by atomic mass is 9.98. The van der Waals surface area contributed by atoms with Gasteiger partial charge in [-0.1, -0.05) is 31.9 Å². The average molecular weight is 525 g/mol. The van der Waals surface area contributed by atoms with Crippen molar-refractivity contribution in [3.8, 4) is 5.75 Å². The fourth-order valence-electron chi connectivity index (χ4n) is 2.28. The molecule has 0 aliphatic rings. The maximum Gasteiger partial charge on any atom is 0.122 e. The first kappa shape index (κ1) is 17.2. The number of halogens is 3. The molecule has 0 saturated carbocycles. The largest absolute Gasteiger partial charge is 0.496 e. The summed E-state index contributed by atoms with van der Waals surface area (Å²) in [5.41, 5.74) is 2.43. The van der Waals surface area contributed by atoms with Crippen LogP contribution in [0.2, 0.25) is 0 Å². The number of ether oxygens (including phenoxy) is 1. The summed E-state index contributed by atoms with van der Waals surface area (Å²) in [6.07, 6.45) is 0.859. The van der Waals surface area contributed by atoms with E-state index in [1.54, 1.807) is 7.11 Å². The summed E-state index contributed by atoms with van der Waals surface area (Å²) in [7, 11) is 3.70. The van der Waals surface area contributed by atoms with Crippen LogP contribution in [0.5, 0.6) is 5.75 Å². The van der Waals surface area contributed by atoms with Crippen molar-refractivity contribution in [1.82, 2.24) is 5.32 Å². The zero-order valence-corrected chi connectivity index (χ0v) is 17.1. The van der Waals surface area contributed by atoms with Crippen molar-refractivity contribution in [2.45, 2.75) is 12.5 Å². The summed E-state index contributed by atoms with van der Waals surface area (Å²) in [6.45, 7) is 0. The Hall–Kier alpha value is -0.110. The van der Waals surface area contributed by atoms with E-state index in [2.05, 4.69) is 84.0 Å². The molecule has 0 aliphatic carbocycles. The van der Waals surface area contributed by atoms with Gasteiger partial charge < -0.3 is 10.1 Å². The smallest absolute Gasteiger partial charge is 0.122 e. The minimum Gasteiger partial charge on any atom is -0.496 e. The van der Waals surface area contributed by atoms with E-state index in [1.807, 2.05) is 19.2 Å². The first-order valence-electron chi connectivity index (χ1n) is 6.49. The van der Waals surface area contributed by atoms with Crippen LogP contribution in [0.25, 0.3) is 0 Å². The van der Waals surface area contributed by atoms with Crippen molar-refractivity contribution in [3.63, 3.8) is 0 Å². The molecule has 0 bridgehead atoms. The van der Waals surface area contributed by atoms with Gasteiger partial charge in [0.1, 0.15) is 5.75 Å². The predicted octanol–water partition coefficient (Wildman–Crippen LogP) is 5.33. The molecule has 0 fully saturated rings. The standard InChI is InChI=1S/C16H16Br2INO/c1-20-15(13-9-12(19)4-5-14(13)18)8-10-7-11(17)3-6-16(10)21-2/h3-7,9,15,20H,8H2,1-2H3. The van der Waals surface area contributed by atoms with Crippen molar-refractivity contribution < 1.29 is 4.74 Å². The Morgan fingerprint density at radius 2 is 1.95 bits per heavy atom. The van der Waals surface area contributed by atoms with E-state index in [0.717, 1.165) is 21.1 Å². The van der Waals surface area contributed by atoms with Gasteiger partial charge in [-0.2, -0.15) is 0 Å². The average Bonchev–Trinajstić information content (AvgIpc) is 2.47. The van der Waals surface area contributed by atoms with E-state index < -0.39 is 0 Å². The maximum atomic E-state index is 5.47. The molecule has 2 rings (SSSR count). The van der Waals surface area contributed by atoms with Crippen LogP contribution in [-0.2, 0) is 6.42 Å². The number of rotatable bonds is 5. The van der Waals surface area contributed by atoms with Gasteiger partial charge in [-0.3, -0.25) is 0 Å². The molecular formula is C16H16Br2INO. The molecule has 0 spiro atoms. The summed E-state index contributed by atoms with van der Waals surface area (Å²) in [5, 5.41) is 3.40. The highest BCUT2D eigenvalue weighted by Gasteiger charge is 2.16. The molecular weight excluding hydrogens is 509 g/mol. The summed E-state index contributed by atoms with van der Waals surface area (Å²) >= 11 is 9.53. The Morgan fingerprint density at radius 1 is 1.19 bits per heavy atom. The van der Waals surface area contributed by atoms with Crippen molar-refractivity contribution in [2.24, 2.45) is 0 Å². The minimum absolute atomic E-state index is 0.220. The maximum absolute atomic E-state index is 5.47. The second-order valence-corrected chi connectivity index (χ2v) is 7.68. The van der Waals surface area contributed by atoms with Gasteiger partial charge >= 0.3 is 0 Å². The Balaban J connectivity index is 2.35. The van der Waals surface area contributed by atoms with Gasteiger partial charge in [-0.05, 0) is 83.6 Å². The molecule has 1 atom stereocenters. The third-order valence-corrected chi connectivity index (χ3v) is 5.23. The number of methoxy groups -OCH3 is 1. The minimum atomic E-state index is 0.220. The summed E-state index contributed by atoms with van der Waals surface area (Å²) in [6, 6.07) is 12.7. The molecule has 5 heteroatoms. The van der Waals surface area contributed by atoms with Crippen LogP contribution < -0.4 is 10.1 Å². The van der Waals surface area contributed by atoms with Crippen LogP contribution in [-0.4, -0.2) is 14.2 Å². The number of hydrogen-bond acceptors (Lipinski definition) is 2. The highest BCUT2D eigenvalue weighted by Crippen LogP contribution is 2.31. The van der Waals surface area contributed by atoms with Crippen LogP contribution >= 0.6 is 54.5 Å². The van der Waals surface area contributed by atoms with Gasteiger partial charge in [0.05, 0.1) is 7.11 Å². The normalized spacial score (nSPS) is 12.2. The first-order chi connectivity index (χ1) is 10.0. The van der Waals surface area contributed by atoms with E-state index in [1.165, 1.54) is 14.7 Å². The molecule has 2 nitrogen and oxygen atoms in total. The van der Waals surface area contributed by atoms with Crippen LogP contribution in [0.15, 0.2) is 45.3 Å². The Morgan fingerprint density at radius 3 is 2.62 bits per heavy atom. The number of benzene rings is 2. The van der Waals surface area contributed by atoms with Crippen molar-refractivity contribution in [2.75, 3.05) is 14.2 Å². The SMILES string of the molecule is CNC(Cc1cc(Br)ccc1OC)c1cc(I)ccc1Br. The van der Waals surface area contributed by atoms with Gasteiger partial charge in [-0.25, -0.2) is 0 Å². The molecule has 0 heterocycles. The topological polar surface area (TPSA) is 21.3 Å². The molecule has 1 N–H and O–H groups in total. The zero-order chi connectivity index (χ0) is 15.4. The highest BCUT2D eigenvalue weighted by atomic mass is 127. The molecule has 0 aliphatic heterocycles. The third-order valence-electron chi connectivity index (χ3n) is 3.35. The number of nitrogens with one attached hydrogen (secondary N) is 1. The van der Waals surface area contributed by atoms with E-state index in [9.17, 15) is 0 Å². The predicted molar refractivity (Wildman–Crippen MR) is 103 cm³/mol. The van der Waals surface area contributed by atoms with Gasteiger partial charge in [0.25, 0.3) is 0 Å². The third kappa shape index (κ3) is 4.43. The van der Waals surface area contributed by atoms with Crippen LogP contribution in [0.1, 0.15) is 17.2 Å². The Bertz CT molecular complexity index is 634. The van der Waals surface area contributed by atoms with Crippen molar-refractivity contribution in [1.29, 1.82) is 0 Å². The van der Waals surface area contributed by atoms with Crippen molar-refractivity contribution in [3.05, 3.63) is 60.0 Å². The fourth-order valence-corrected chi connectivity index (χ4v) is 3.72. The Kier molecular flexibility index (Phi) is 6.52. The van der Waals surface area contributed by atoms with Crippen LogP contribution in [0.4, 0.5) is 0 Å². The highest BCUT2D eigenvalue weighted by molar-refractivity contribution is 14.1. The molecule has 21 heavy (non-hydrogen) atoms. The van der Waals surface area contributed by atoms with Crippen LogP contribution in [0, 0.1) is 3.57 Å². The second-order valence-electron chi connectivity index (χ2n) is 4.67. The quantitative estimate of drug-likeness (QED) is 0.534. The molecule has 1 unspecified atom stereocenters. The summed E-state index contributed by atoms with van der Waals surface area (Å²) in [4.78, 5) is 0. The van der Waals surface area contributed by atoms with Gasteiger partial charge in [-0.15, -0.1) is 0 Å². The fraction of sp³-hybridized carbons (Fsp3) is 0.250. The summed E-state index contributed by atoms with van der Waals surface area (Å²) < 4.78 is 8.89. The molecule has 0 amide bonds. The van der Waals surface area contributed by atoms with E-state index in [0.29, 0.717) is 0 Å². The lowest BCUT2D eigenvalue weighted by molar-refractivity contribution is 0.406. The molecule has 0 saturated heterocycles. The van der Waals surface area contributed by atoms with Gasteiger partial charge in [0.2, 0.25) is 0 Å². The lowest BCUT2D eigenvalue weighted by Gasteiger charge is -2.20. The monoisotopic (exact) mass is 523 g/mol.